The summed E-state index contributed by atoms with van der Waals surface area (Å²) in [5, 5.41) is 0. The van der Waals surface area contributed by atoms with E-state index in [9.17, 15) is 0 Å². The van der Waals surface area contributed by atoms with Gasteiger partial charge in [0.1, 0.15) is 0 Å². The Balaban J connectivity index is 2.39. The maximum atomic E-state index is 6.04. The van der Waals surface area contributed by atoms with Crippen LogP contribution in [-0.4, -0.2) is 31.3 Å². The van der Waals surface area contributed by atoms with E-state index in [2.05, 4.69) is 54.9 Å². The Morgan fingerprint density at radius 1 is 1.39 bits per heavy atom. The highest BCUT2D eigenvalue weighted by atomic mass is 16.5. The Labute approximate surface area is 108 Å². The lowest BCUT2D eigenvalue weighted by Gasteiger charge is -2.40. The molecule has 0 aromatic heterocycles. The molecule has 0 saturated heterocycles. The normalized spacial score (nSPS) is 25.1. The molecule has 2 unspecified atom stereocenters. The van der Waals surface area contributed by atoms with Crippen LogP contribution in [0.1, 0.15) is 19.4 Å². The van der Waals surface area contributed by atoms with Crippen LogP contribution in [0.3, 0.4) is 0 Å². The lowest BCUT2D eigenvalue weighted by Crippen LogP contribution is -2.56. The standard InChI is InChI=1S/C14H21N3O/c1-10-5-7-12(8-6-10)17-13(15)16-9-14(17,3)11(2)18-4/h5-8,11H,9H2,1-4H3,(H2,15,16). The fraction of sp³-hybridized carbons (Fsp3) is 0.500. The minimum absolute atomic E-state index is 0.0450. The molecule has 1 heterocycles. The molecule has 4 nitrogen and oxygen atoms in total. The van der Waals surface area contributed by atoms with Crippen LogP contribution < -0.4 is 10.6 Å². The smallest absolute Gasteiger partial charge is 0.196 e. The summed E-state index contributed by atoms with van der Waals surface area (Å²) in [4.78, 5) is 6.45. The Morgan fingerprint density at radius 2 is 2.00 bits per heavy atom. The summed E-state index contributed by atoms with van der Waals surface area (Å²) < 4.78 is 5.49. The van der Waals surface area contributed by atoms with Crippen molar-refractivity contribution < 1.29 is 4.74 Å². The van der Waals surface area contributed by atoms with Gasteiger partial charge in [-0.15, -0.1) is 0 Å². The minimum Gasteiger partial charge on any atom is -0.379 e. The van der Waals surface area contributed by atoms with Crippen molar-refractivity contribution >= 4 is 11.6 Å². The van der Waals surface area contributed by atoms with Crippen LogP contribution in [0.4, 0.5) is 5.69 Å². The molecule has 1 aliphatic rings. The number of benzene rings is 1. The molecule has 0 bridgehead atoms. The van der Waals surface area contributed by atoms with E-state index < -0.39 is 0 Å². The van der Waals surface area contributed by atoms with Gasteiger partial charge in [0.2, 0.25) is 0 Å². The Morgan fingerprint density at radius 3 is 2.56 bits per heavy atom. The number of hydrogen-bond donors (Lipinski definition) is 1. The van der Waals surface area contributed by atoms with E-state index in [0.29, 0.717) is 12.5 Å². The van der Waals surface area contributed by atoms with Crippen LogP contribution in [0.15, 0.2) is 29.3 Å². The molecule has 1 aliphatic heterocycles. The number of aliphatic imine (C=N–C) groups is 1. The first-order chi connectivity index (χ1) is 8.49. The second-order valence-corrected chi connectivity index (χ2v) is 5.08. The number of nitrogens with zero attached hydrogens (tertiary/aromatic N) is 2. The first kappa shape index (κ1) is 12.9. The quantitative estimate of drug-likeness (QED) is 0.888. The number of hydrogen-bond acceptors (Lipinski definition) is 4. The molecule has 1 aromatic carbocycles. The lowest BCUT2D eigenvalue weighted by molar-refractivity contribution is 0.0645. The highest BCUT2D eigenvalue weighted by Gasteiger charge is 2.43. The fourth-order valence-corrected chi connectivity index (χ4v) is 2.33. The molecular weight excluding hydrogens is 226 g/mol. The molecule has 0 radical (unpaired) electrons. The highest BCUT2D eigenvalue weighted by molar-refractivity contribution is 5.98. The Bertz CT molecular complexity index is 455. The molecule has 0 fully saturated rings. The third-order valence-corrected chi connectivity index (χ3v) is 3.82. The van der Waals surface area contributed by atoms with Crippen LogP contribution in [0.5, 0.6) is 0 Å². The number of methoxy groups -OCH3 is 1. The van der Waals surface area contributed by atoms with Crippen LogP contribution >= 0.6 is 0 Å². The molecule has 4 heteroatoms. The molecule has 2 rings (SSSR count). The molecular formula is C14H21N3O. The number of ether oxygens (including phenoxy) is 1. The third-order valence-electron chi connectivity index (χ3n) is 3.82. The molecule has 18 heavy (non-hydrogen) atoms. The monoisotopic (exact) mass is 247 g/mol. The van der Waals surface area contributed by atoms with Gasteiger partial charge in [0, 0.05) is 12.8 Å². The van der Waals surface area contributed by atoms with E-state index in [4.69, 9.17) is 10.5 Å². The van der Waals surface area contributed by atoms with Crippen molar-refractivity contribution in [3.05, 3.63) is 29.8 Å². The second-order valence-electron chi connectivity index (χ2n) is 5.08. The summed E-state index contributed by atoms with van der Waals surface area (Å²) >= 11 is 0. The summed E-state index contributed by atoms with van der Waals surface area (Å²) in [5.74, 6) is 0.560. The van der Waals surface area contributed by atoms with E-state index in [1.165, 1.54) is 5.56 Å². The van der Waals surface area contributed by atoms with Crippen LogP contribution in [0.2, 0.25) is 0 Å². The van der Waals surface area contributed by atoms with Crippen molar-refractivity contribution in [1.29, 1.82) is 0 Å². The van der Waals surface area contributed by atoms with Crippen LogP contribution in [0, 0.1) is 6.92 Å². The molecule has 0 amide bonds. The zero-order valence-electron chi connectivity index (χ0n) is 11.5. The van der Waals surface area contributed by atoms with Gasteiger partial charge in [0.05, 0.1) is 18.2 Å². The van der Waals surface area contributed by atoms with E-state index >= 15 is 0 Å². The number of guanidine groups is 1. The number of anilines is 1. The van der Waals surface area contributed by atoms with Crippen molar-refractivity contribution in [3.8, 4) is 0 Å². The van der Waals surface area contributed by atoms with Crippen molar-refractivity contribution in [2.24, 2.45) is 10.7 Å². The number of nitrogens with two attached hydrogens (primary N) is 1. The van der Waals surface area contributed by atoms with E-state index in [1.807, 2.05) is 0 Å². The average Bonchev–Trinajstić information content (AvgIpc) is 2.67. The van der Waals surface area contributed by atoms with E-state index in [0.717, 1.165) is 5.69 Å². The van der Waals surface area contributed by atoms with E-state index in [-0.39, 0.29) is 11.6 Å². The first-order valence-corrected chi connectivity index (χ1v) is 6.18. The minimum atomic E-state index is -0.228. The van der Waals surface area contributed by atoms with Crippen molar-refractivity contribution in [2.45, 2.75) is 32.4 Å². The topological polar surface area (TPSA) is 50.9 Å². The van der Waals surface area contributed by atoms with Gasteiger partial charge < -0.3 is 15.4 Å². The molecule has 2 atom stereocenters. The maximum absolute atomic E-state index is 6.04. The first-order valence-electron chi connectivity index (χ1n) is 6.18. The predicted octanol–water partition coefficient (Wildman–Crippen LogP) is 1.92. The van der Waals surface area contributed by atoms with Crippen molar-refractivity contribution in [2.75, 3.05) is 18.6 Å². The van der Waals surface area contributed by atoms with Crippen molar-refractivity contribution in [3.63, 3.8) is 0 Å². The number of aryl methyl sites for hydroxylation is 1. The predicted molar refractivity (Wildman–Crippen MR) is 75.0 cm³/mol. The summed E-state index contributed by atoms with van der Waals surface area (Å²) in [6.07, 6.45) is 0.0450. The highest BCUT2D eigenvalue weighted by Crippen LogP contribution is 2.32. The van der Waals surface area contributed by atoms with Crippen LogP contribution in [0.25, 0.3) is 0 Å². The SMILES string of the molecule is COC(C)C1(C)CN=C(N)N1c1ccc(C)cc1. The summed E-state index contributed by atoms with van der Waals surface area (Å²) in [6.45, 7) is 6.91. The summed E-state index contributed by atoms with van der Waals surface area (Å²) in [6, 6.07) is 8.31. The lowest BCUT2D eigenvalue weighted by atomic mass is 9.94. The second kappa shape index (κ2) is 4.61. The zero-order valence-corrected chi connectivity index (χ0v) is 11.5. The van der Waals surface area contributed by atoms with Gasteiger partial charge in [-0.3, -0.25) is 4.99 Å². The summed E-state index contributed by atoms with van der Waals surface area (Å²) in [7, 11) is 1.72. The Hall–Kier alpha value is -1.55. The largest absolute Gasteiger partial charge is 0.379 e. The van der Waals surface area contributed by atoms with Crippen LogP contribution in [-0.2, 0) is 4.74 Å². The van der Waals surface area contributed by atoms with Gasteiger partial charge in [0.25, 0.3) is 0 Å². The van der Waals surface area contributed by atoms with Gasteiger partial charge in [-0.05, 0) is 32.9 Å². The van der Waals surface area contributed by atoms with Crippen molar-refractivity contribution in [1.82, 2.24) is 0 Å². The molecule has 2 N–H and O–H groups in total. The molecule has 0 saturated carbocycles. The summed E-state index contributed by atoms with van der Waals surface area (Å²) in [5.41, 5.74) is 8.10. The molecule has 0 spiro atoms. The maximum Gasteiger partial charge on any atom is 0.196 e. The molecule has 1 aromatic rings. The average molecular weight is 247 g/mol. The van der Waals surface area contributed by atoms with Gasteiger partial charge >= 0.3 is 0 Å². The van der Waals surface area contributed by atoms with E-state index in [1.54, 1.807) is 7.11 Å². The zero-order chi connectivity index (χ0) is 13.3. The Kier molecular flexibility index (Phi) is 3.30. The number of rotatable bonds is 3. The molecule has 0 aliphatic carbocycles. The third kappa shape index (κ3) is 1.97. The van der Waals surface area contributed by atoms with Gasteiger partial charge in [0.15, 0.2) is 5.96 Å². The van der Waals surface area contributed by atoms with Gasteiger partial charge in [-0.1, -0.05) is 17.7 Å². The fourth-order valence-electron chi connectivity index (χ4n) is 2.33. The van der Waals surface area contributed by atoms with Gasteiger partial charge in [-0.2, -0.15) is 0 Å². The van der Waals surface area contributed by atoms with Gasteiger partial charge in [-0.25, -0.2) is 0 Å². The molecule has 98 valence electrons.